The van der Waals surface area contributed by atoms with Crippen molar-refractivity contribution < 1.29 is 9.59 Å². The van der Waals surface area contributed by atoms with E-state index < -0.39 is 0 Å². The summed E-state index contributed by atoms with van der Waals surface area (Å²) < 4.78 is 0. The number of carbonyl (C=O) groups is 2. The molecule has 0 atom stereocenters. The van der Waals surface area contributed by atoms with E-state index in [9.17, 15) is 9.59 Å². The maximum Gasteiger partial charge on any atom is 0.290 e. The molecule has 0 spiro atoms. The Morgan fingerprint density at radius 1 is 1.24 bits per heavy atom. The first-order valence-electron chi connectivity index (χ1n) is 7.18. The summed E-state index contributed by atoms with van der Waals surface area (Å²) in [5, 5.41) is 12.1. The highest BCUT2D eigenvalue weighted by Gasteiger charge is 2.21. The van der Waals surface area contributed by atoms with Crippen LogP contribution in [-0.2, 0) is 10.2 Å². The summed E-state index contributed by atoms with van der Waals surface area (Å²) in [6.45, 7) is 10.9. The van der Waals surface area contributed by atoms with Crippen LogP contribution in [0.2, 0.25) is 0 Å². The molecule has 0 bridgehead atoms. The zero-order valence-corrected chi connectivity index (χ0v) is 13.4. The van der Waals surface area contributed by atoms with E-state index in [2.05, 4.69) is 25.8 Å². The Hall–Kier alpha value is -1.92. The number of carbonyl (C=O) groups excluding carboxylic acids is 2. The molecule has 7 heteroatoms. The van der Waals surface area contributed by atoms with E-state index in [0.29, 0.717) is 18.3 Å². The Balaban J connectivity index is 2.37. The third-order valence-corrected chi connectivity index (χ3v) is 2.74. The molecule has 0 aliphatic rings. The molecule has 1 heterocycles. The van der Waals surface area contributed by atoms with Crippen LogP contribution in [0.3, 0.4) is 0 Å². The average Bonchev–Trinajstić information content (AvgIpc) is 2.85. The molecule has 0 aliphatic carbocycles. The van der Waals surface area contributed by atoms with Gasteiger partial charge >= 0.3 is 0 Å². The second-order valence-electron chi connectivity index (χ2n) is 6.46. The molecule has 0 radical (unpaired) electrons. The minimum Gasteiger partial charge on any atom is -0.356 e. The molecule has 3 N–H and O–H groups in total. The zero-order chi connectivity index (χ0) is 16.0. The van der Waals surface area contributed by atoms with Gasteiger partial charge in [-0.15, -0.1) is 5.10 Å². The van der Waals surface area contributed by atoms with Gasteiger partial charge in [0.15, 0.2) is 0 Å². The van der Waals surface area contributed by atoms with Gasteiger partial charge in [-0.05, 0) is 5.92 Å². The van der Waals surface area contributed by atoms with Gasteiger partial charge in [-0.3, -0.25) is 14.7 Å². The van der Waals surface area contributed by atoms with Crippen molar-refractivity contribution >= 4 is 11.8 Å². The predicted molar refractivity (Wildman–Crippen MR) is 79.9 cm³/mol. The van der Waals surface area contributed by atoms with Crippen LogP contribution < -0.4 is 10.6 Å². The molecule has 0 saturated carbocycles. The fraction of sp³-hybridized carbons (Fsp3) is 0.714. The molecule has 0 aromatic carbocycles. The van der Waals surface area contributed by atoms with Crippen molar-refractivity contribution in [2.45, 2.75) is 46.5 Å². The van der Waals surface area contributed by atoms with Gasteiger partial charge in [0.05, 0.1) is 0 Å². The molecule has 118 valence electrons. The summed E-state index contributed by atoms with van der Waals surface area (Å²) >= 11 is 0. The van der Waals surface area contributed by atoms with Gasteiger partial charge in [0.1, 0.15) is 5.82 Å². The van der Waals surface area contributed by atoms with E-state index in [1.54, 1.807) is 0 Å². The Kier molecular flexibility index (Phi) is 5.87. The third-order valence-electron chi connectivity index (χ3n) is 2.74. The number of nitrogens with zero attached hydrogens (tertiary/aromatic N) is 2. The number of aromatic amines is 1. The Morgan fingerprint density at radius 2 is 1.90 bits per heavy atom. The summed E-state index contributed by atoms with van der Waals surface area (Å²) in [5.74, 6) is 0.713. The fourth-order valence-corrected chi connectivity index (χ4v) is 1.47. The van der Waals surface area contributed by atoms with Crippen LogP contribution in [0.1, 0.15) is 57.5 Å². The minimum absolute atomic E-state index is 0.0747. The number of hydrogen-bond acceptors (Lipinski definition) is 4. The zero-order valence-electron chi connectivity index (χ0n) is 13.4. The Morgan fingerprint density at radius 3 is 2.43 bits per heavy atom. The van der Waals surface area contributed by atoms with E-state index in [1.807, 2.05) is 34.6 Å². The Bertz CT molecular complexity index is 488. The number of aromatic nitrogens is 3. The standard InChI is InChI=1S/C14H25N5O2/c1-9(2)8-16-10(20)6-7-15-12(21)11-17-13(19-18-11)14(3,4)5/h9H,6-8H2,1-5H3,(H,15,21)(H,16,20)(H,17,18,19). The van der Waals surface area contributed by atoms with Crippen LogP contribution in [0.15, 0.2) is 0 Å². The number of H-pyrrole nitrogens is 1. The summed E-state index contributed by atoms with van der Waals surface area (Å²) in [5.41, 5.74) is -0.192. The van der Waals surface area contributed by atoms with E-state index in [0.717, 1.165) is 0 Å². The largest absolute Gasteiger partial charge is 0.356 e. The molecule has 0 fully saturated rings. The first-order chi connectivity index (χ1) is 9.70. The molecular weight excluding hydrogens is 270 g/mol. The van der Waals surface area contributed by atoms with Crippen molar-refractivity contribution in [2.75, 3.05) is 13.1 Å². The maximum absolute atomic E-state index is 11.8. The first-order valence-corrected chi connectivity index (χ1v) is 7.18. The topological polar surface area (TPSA) is 99.8 Å². The smallest absolute Gasteiger partial charge is 0.290 e. The van der Waals surface area contributed by atoms with E-state index >= 15 is 0 Å². The lowest BCUT2D eigenvalue weighted by molar-refractivity contribution is -0.121. The molecule has 1 aromatic rings. The van der Waals surface area contributed by atoms with Crippen LogP contribution in [-0.4, -0.2) is 40.1 Å². The lowest BCUT2D eigenvalue weighted by Gasteiger charge is -2.12. The van der Waals surface area contributed by atoms with Crippen molar-refractivity contribution in [2.24, 2.45) is 5.92 Å². The van der Waals surface area contributed by atoms with Crippen LogP contribution in [0.4, 0.5) is 0 Å². The SMILES string of the molecule is CC(C)CNC(=O)CCNC(=O)c1n[nH]c(C(C)(C)C)n1. The van der Waals surface area contributed by atoms with E-state index in [1.165, 1.54) is 0 Å². The van der Waals surface area contributed by atoms with Gasteiger partial charge in [0.2, 0.25) is 11.7 Å². The fourth-order valence-electron chi connectivity index (χ4n) is 1.47. The summed E-state index contributed by atoms with van der Waals surface area (Å²) in [6.07, 6.45) is 0.245. The van der Waals surface area contributed by atoms with Gasteiger partial charge < -0.3 is 10.6 Å². The lowest BCUT2D eigenvalue weighted by Crippen LogP contribution is -2.32. The Labute approximate surface area is 125 Å². The predicted octanol–water partition coefficient (Wildman–Crippen LogP) is 0.994. The highest BCUT2D eigenvalue weighted by atomic mass is 16.2. The van der Waals surface area contributed by atoms with Gasteiger partial charge in [-0.1, -0.05) is 34.6 Å². The van der Waals surface area contributed by atoms with Crippen molar-refractivity contribution in [3.05, 3.63) is 11.6 Å². The highest BCUT2D eigenvalue weighted by molar-refractivity contribution is 5.90. The number of nitrogens with one attached hydrogen (secondary N) is 3. The van der Waals surface area contributed by atoms with Crippen molar-refractivity contribution in [3.63, 3.8) is 0 Å². The number of rotatable bonds is 6. The second kappa shape index (κ2) is 7.19. The molecule has 0 unspecified atom stereocenters. The third kappa shape index (κ3) is 5.93. The molecule has 2 amide bonds. The number of hydrogen-bond donors (Lipinski definition) is 3. The second-order valence-corrected chi connectivity index (χ2v) is 6.46. The number of amides is 2. The highest BCUT2D eigenvalue weighted by Crippen LogP contribution is 2.17. The quantitative estimate of drug-likeness (QED) is 0.728. The summed E-state index contributed by atoms with van der Waals surface area (Å²) in [6, 6.07) is 0. The molecule has 7 nitrogen and oxygen atoms in total. The van der Waals surface area contributed by atoms with Crippen molar-refractivity contribution in [1.29, 1.82) is 0 Å². The van der Waals surface area contributed by atoms with Crippen LogP contribution in [0.25, 0.3) is 0 Å². The van der Waals surface area contributed by atoms with Gasteiger partial charge in [0.25, 0.3) is 5.91 Å². The molecule has 1 rings (SSSR count). The molecule has 0 aliphatic heterocycles. The normalized spacial score (nSPS) is 11.5. The van der Waals surface area contributed by atoms with Gasteiger partial charge in [-0.25, -0.2) is 4.98 Å². The molecular formula is C14H25N5O2. The monoisotopic (exact) mass is 295 g/mol. The average molecular weight is 295 g/mol. The van der Waals surface area contributed by atoms with Gasteiger partial charge in [0, 0.05) is 24.9 Å². The van der Waals surface area contributed by atoms with Crippen LogP contribution in [0.5, 0.6) is 0 Å². The molecule has 21 heavy (non-hydrogen) atoms. The van der Waals surface area contributed by atoms with Crippen LogP contribution in [0, 0.1) is 5.92 Å². The van der Waals surface area contributed by atoms with Crippen LogP contribution >= 0.6 is 0 Å². The molecule has 0 saturated heterocycles. The van der Waals surface area contributed by atoms with E-state index in [-0.39, 0.29) is 36.0 Å². The lowest BCUT2D eigenvalue weighted by atomic mass is 9.96. The minimum atomic E-state index is -0.376. The maximum atomic E-state index is 11.8. The first kappa shape index (κ1) is 17.1. The van der Waals surface area contributed by atoms with Crippen molar-refractivity contribution in [1.82, 2.24) is 25.8 Å². The molecule has 1 aromatic heterocycles. The van der Waals surface area contributed by atoms with Crippen molar-refractivity contribution in [3.8, 4) is 0 Å². The summed E-state index contributed by atoms with van der Waals surface area (Å²) in [4.78, 5) is 27.5. The van der Waals surface area contributed by atoms with E-state index in [4.69, 9.17) is 0 Å². The summed E-state index contributed by atoms with van der Waals surface area (Å²) in [7, 11) is 0. The van der Waals surface area contributed by atoms with Gasteiger partial charge in [-0.2, -0.15) is 0 Å².